The molecule has 5 rings (SSSR count). The van der Waals surface area contributed by atoms with E-state index in [1.165, 1.54) is 16.7 Å². The van der Waals surface area contributed by atoms with Crippen LogP contribution in [-0.2, 0) is 4.74 Å². The molecule has 1 atom stereocenters. The van der Waals surface area contributed by atoms with E-state index in [2.05, 4.69) is 5.32 Å². The van der Waals surface area contributed by atoms with E-state index in [9.17, 15) is 14.4 Å². The number of aromatic nitrogens is 2. The number of halogens is 1. The number of ether oxygens (including phenoxy) is 3. The van der Waals surface area contributed by atoms with Crippen LogP contribution in [0.15, 0.2) is 71.5 Å². The Kier molecular flexibility index (Phi) is 9.80. The van der Waals surface area contributed by atoms with Gasteiger partial charge in [-0.25, -0.2) is 19.2 Å². The molecule has 47 heavy (non-hydrogen) atoms. The Morgan fingerprint density at radius 2 is 1.68 bits per heavy atom. The Bertz CT molecular complexity index is 1830. The first-order chi connectivity index (χ1) is 22.4. The molecule has 248 valence electrons. The first-order valence-electron chi connectivity index (χ1n) is 15.2. The van der Waals surface area contributed by atoms with E-state index in [-0.39, 0.29) is 5.56 Å². The Labute approximate surface area is 278 Å². The number of piperazine rings is 1. The van der Waals surface area contributed by atoms with Crippen LogP contribution >= 0.6 is 11.6 Å². The molecule has 1 aliphatic rings. The van der Waals surface area contributed by atoms with E-state index in [1.54, 1.807) is 79.6 Å². The summed E-state index contributed by atoms with van der Waals surface area (Å²) in [5.74, 6) is 1.23. The zero-order valence-electron chi connectivity index (χ0n) is 27.3. The first kappa shape index (κ1) is 33.4. The van der Waals surface area contributed by atoms with Crippen molar-refractivity contribution < 1.29 is 23.8 Å². The predicted molar refractivity (Wildman–Crippen MR) is 183 cm³/mol. The van der Waals surface area contributed by atoms with E-state index in [0.29, 0.717) is 70.8 Å². The van der Waals surface area contributed by atoms with Crippen molar-refractivity contribution in [2.24, 2.45) is 0 Å². The second kappa shape index (κ2) is 13.8. The highest BCUT2D eigenvalue weighted by molar-refractivity contribution is 6.31. The summed E-state index contributed by atoms with van der Waals surface area (Å²) in [6.07, 6.45) is -0.412. The van der Waals surface area contributed by atoms with Gasteiger partial charge in [0.1, 0.15) is 17.1 Å². The Morgan fingerprint density at radius 1 is 0.957 bits per heavy atom. The van der Waals surface area contributed by atoms with Gasteiger partial charge in [0.05, 0.1) is 49.9 Å². The first-order valence-corrected chi connectivity index (χ1v) is 15.6. The van der Waals surface area contributed by atoms with Crippen LogP contribution in [0, 0.1) is 0 Å². The van der Waals surface area contributed by atoms with E-state index < -0.39 is 23.8 Å². The Morgan fingerprint density at radius 3 is 2.34 bits per heavy atom. The summed E-state index contributed by atoms with van der Waals surface area (Å²) in [4.78, 5) is 49.3. The molecule has 1 saturated heterocycles. The number of hydrogen-bond acceptors (Lipinski definition) is 8. The lowest BCUT2D eigenvalue weighted by Gasteiger charge is -2.39. The summed E-state index contributed by atoms with van der Waals surface area (Å²) in [5.41, 5.74) is 0.464. The number of rotatable bonds is 7. The zero-order chi connectivity index (χ0) is 33.9. The monoisotopic (exact) mass is 662 g/mol. The molecule has 1 fully saturated rings. The average Bonchev–Trinajstić information content (AvgIpc) is 3.04. The number of benzene rings is 3. The number of urea groups is 1. The lowest BCUT2D eigenvalue weighted by atomic mass is 10.1. The smallest absolute Gasteiger partial charge is 0.410 e. The minimum atomic E-state index is -0.808. The summed E-state index contributed by atoms with van der Waals surface area (Å²) < 4.78 is 18.2. The van der Waals surface area contributed by atoms with Crippen molar-refractivity contribution in [1.29, 1.82) is 0 Å². The van der Waals surface area contributed by atoms with Crippen molar-refractivity contribution in [2.45, 2.75) is 39.3 Å². The molecule has 1 N–H and O–H groups in total. The van der Waals surface area contributed by atoms with Crippen molar-refractivity contribution in [3.63, 3.8) is 0 Å². The summed E-state index contributed by atoms with van der Waals surface area (Å²) in [6.45, 7) is 8.58. The lowest BCUT2D eigenvalue weighted by molar-refractivity contribution is 0.0231. The molecule has 0 radical (unpaired) electrons. The number of amides is 3. The minimum Gasteiger partial charge on any atom is -0.497 e. The standard InChI is InChI=1S/C34H39ClN6O6/c1-22(40(28-15-14-25(45-5)21-29(28)46-6)32(43)36-24-11-9-10-23(35)20-24)30-37-27-13-8-7-12-26(27)31(42)41(30)39-18-16-38(17-19-39)33(44)47-34(2,3)4/h7-15,20-22H,16-19H2,1-6H3,(H,36,43). The van der Waals surface area contributed by atoms with Gasteiger partial charge in [-0.3, -0.25) is 9.69 Å². The maximum absolute atomic E-state index is 14.2. The van der Waals surface area contributed by atoms with Crippen LogP contribution in [0.25, 0.3) is 10.9 Å². The second-order valence-corrected chi connectivity index (χ2v) is 12.5. The van der Waals surface area contributed by atoms with Crippen LogP contribution in [0.2, 0.25) is 5.02 Å². The van der Waals surface area contributed by atoms with Crippen LogP contribution in [0.5, 0.6) is 11.5 Å². The highest BCUT2D eigenvalue weighted by atomic mass is 35.5. The van der Waals surface area contributed by atoms with Gasteiger partial charge in [0, 0.05) is 29.9 Å². The van der Waals surface area contributed by atoms with Crippen LogP contribution in [0.1, 0.15) is 39.6 Å². The van der Waals surface area contributed by atoms with Gasteiger partial charge in [-0.1, -0.05) is 29.8 Å². The third-order valence-corrected chi connectivity index (χ3v) is 7.91. The maximum atomic E-state index is 14.2. The van der Waals surface area contributed by atoms with Gasteiger partial charge in [0.25, 0.3) is 5.56 Å². The highest BCUT2D eigenvalue weighted by Gasteiger charge is 2.33. The van der Waals surface area contributed by atoms with Crippen molar-refractivity contribution in [1.82, 2.24) is 14.6 Å². The van der Waals surface area contributed by atoms with Crippen molar-refractivity contribution in [3.05, 3.63) is 87.9 Å². The molecule has 1 unspecified atom stereocenters. The molecule has 3 amide bonds. The number of hydrogen-bond donors (Lipinski definition) is 1. The van der Waals surface area contributed by atoms with E-state index >= 15 is 0 Å². The quantitative estimate of drug-likeness (QED) is 0.254. The Hall–Kier alpha value is -4.97. The van der Waals surface area contributed by atoms with Gasteiger partial charge >= 0.3 is 12.1 Å². The number of para-hydroxylation sites is 1. The largest absolute Gasteiger partial charge is 0.497 e. The van der Waals surface area contributed by atoms with Gasteiger partial charge in [-0.2, -0.15) is 0 Å². The van der Waals surface area contributed by atoms with E-state index in [4.69, 9.17) is 30.8 Å². The summed E-state index contributed by atoms with van der Waals surface area (Å²) >= 11 is 6.22. The third kappa shape index (κ3) is 7.38. The topological polar surface area (TPSA) is 118 Å². The minimum absolute atomic E-state index is 0.292. The molecule has 4 aromatic rings. The highest BCUT2D eigenvalue weighted by Crippen LogP contribution is 2.37. The Balaban J connectivity index is 1.60. The number of nitrogens with one attached hydrogen (secondary N) is 1. The van der Waals surface area contributed by atoms with Crippen LogP contribution in [0.3, 0.4) is 0 Å². The molecule has 0 bridgehead atoms. The number of anilines is 2. The molecular weight excluding hydrogens is 624 g/mol. The molecule has 1 aliphatic heterocycles. The van der Waals surface area contributed by atoms with Crippen molar-refractivity contribution >= 4 is 46.0 Å². The fourth-order valence-electron chi connectivity index (χ4n) is 5.43. The molecule has 0 spiro atoms. The molecule has 0 aliphatic carbocycles. The molecule has 2 heterocycles. The van der Waals surface area contributed by atoms with Gasteiger partial charge < -0.3 is 29.4 Å². The molecule has 3 aromatic carbocycles. The molecule has 0 saturated carbocycles. The lowest BCUT2D eigenvalue weighted by Crippen LogP contribution is -2.57. The predicted octanol–water partition coefficient (Wildman–Crippen LogP) is 6.06. The second-order valence-electron chi connectivity index (χ2n) is 12.0. The van der Waals surface area contributed by atoms with Crippen molar-refractivity contribution in [2.75, 3.05) is 55.6 Å². The third-order valence-electron chi connectivity index (χ3n) is 7.67. The summed E-state index contributed by atoms with van der Waals surface area (Å²) in [5, 5.41) is 5.67. The van der Waals surface area contributed by atoms with Crippen LogP contribution in [-0.4, -0.2) is 72.7 Å². The zero-order valence-corrected chi connectivity index (χ0v) is 28.1. The molecular formula is C34H39ClN6O6. The fraction of sp³-hybridized carbons (Fsp3) is 0.353. The molecule has 13 heteroatoms. The van der Waals surface area contributed by atoms with Gasteiger partial charge in [0.2, 0.25) is 0 Å². The maximum Gasteiger partial charge on any atom is 0.410 e. The normalized spacial score (nSPS) is 14.0. The van der Waals surface area contributed by atoms with Crippen LogP contribution in [0.4, 0.5) is 21.0 Å². The van der Waals surface area contributed by atoms with Crippen molar-refractivity contribution in [3.8, 4) is 11.5 Å². The summed E-state index contributed by atoms with van der Waals surface area (Å²) in [7, 11) is 3.05. The SMILES string of the molecule is COc1ccc(N(C(=O)Nc2cccc(Cl)c2)C(C)c2nc3ccccc3c(=O)n2N2CCN(C(=O)OC(C)(C)C)CC2)c(OC)c1. The number of fused-ring (bicyclic) bond motifs is 1. The summed E-state index contributed by atoms with van der Waals surface area (Å²) in [6, 6.07) is 17.7. The molecule has 1 aromatic heterocycles. The number of carbonyl (C=O) groups excluding carboxylic acids is 2. The average molecular weight is 663 g/mol. The van der Waals surface area contributed by atoms with Gasteiger partial charge in [0.15, 0.2) is 5.82 Å². The van der Waals surface area contributed by atoms with E-state index in [1.807, 2.05) is 31.8 Å². The van der Waals surface area contributed by atoms with Gasteiger partial charge in [-0.05, 0) is 70.2 Å². The van der Waals surface area contributed by atoms with E-state index in [0.717, 1.165) is 0 Å². The molecule has 12 nitrogen and oxygen atoms in total. The number of methoxy groups -OCH3 is 2. The number of carbonyl (C=O) groups is 2. The van der Waals surface area contributed by atoms with Crippen LogP contribution < -0.4 is 30.3 Å². The fourth-order valence-corrected chi connectivity index (χ4v) is 5.62. The van der Waals surface area contributed by atoms with Gasteiger partial charge in [-0.15, -0.1) is 0 Å². The number of nitrogens with zero attached hydrogens (tertiary/aromatic N) is 5.